The van der Waals surface area contributed by atoms with E-state index in [9.17, 15) is 4.79 Å². The van der Waals surface area contributed by atoms with Crippen molar-refractivity contribution in [3.63, 3.8) is 0 Å². The molecular formula is C14H26N2O2. The van der Waals surface area contributed by atoms with Crippen LogP contribution in [0.25, 0.3) is 0 Å². The van der Waals surface area contributed by atoms with Crippen LogP contribution in [0.3, 0.4) is 0 Å². The molecule has 0 aromatic rings. The first kappa shape index (κ1) is 15.2. The maximum absolute atomic E-state index is 12.1. The van der Waals surface area contributed by atoms with Crippen molar-refractivity contribution in [2.45, 2.75) is 38.1 Å². The summed E-state index contributed by atoms with van der Waals surface area (Å²) in [6.45, 7) is 6.64. The number of carbonyl (C=O) groups excluding carboxylic acids is 1. The predicted molar refractivity (Wildman–Crippen MR) is 73.5 cm³/mol. The molecule has 104 valence electrons. The molecule has 0 saturated carbocycles. The SMILES string of the molecule is C=CCN(CCOC)C(=O)CCC1CCCCN1. The van der Waals surface area contributed by atoms with E-state index in [0.717, 1.165) is 13.0 Å². The Hall–Kier alpha value is -0.870. The molecule has 1 unspecified atom stereocenters. The Balaban J connectivity index is 2.28. The van der Waals surface area contributed by atoms with Crippen LogP contribution >= 0.6 is 0 Å². The molecule has 0 bridgehead atoms. The Bertz CT molecular complexity index is 250. The zero-order chi connectivity index (χ0) is 13.2. The van der Waals surface area contributed by atoms with Crippen LogP contribution in [0.4, 0.5) is 0 Å². The van der Waals surface area contributed by atoms with Crippen molar-refractivity contribution in [1.29, 1.82) is 0 Å². The van der Waals surface area contributed by atoms with E-state index in [1.54, 1.807) is 13.2 Å². The van der Waals surface area contributed by atoms with E-state index in [4.69, 9.17) is 4.74 Å². The van der Waals surface area contributed by atoms with Gasteiger partial charge in [0.25, 0.3) is 0 Å². The monoisotopic (exact) mass is 254 g/mol. The summed E-state index contributed by atoms with van der Waals surface area (Å²) in [5, 5.41) is 3.47. The number of ether oxygens (including phenoxy) is 1. The van der Waals surface area contributed by atoms with E-state index in [2.05, 4.69) is 11.9 Å². The minimum absolute atomic E-state index is 0.208. The summed E-state index contributed by atoms with van der Waals surface area (Å²) >= 11 is 0. The van der Waals surface area contributed by atoms with Crippen LogP contribution < -0.4 is 5.32 Å². The van der Waals surface area contributed by atoms with Gasteiger partial charge in [-0.25, -0.2) is 0 Å². The summed E-state index contributed by atoms with van der Waals surface area (Å²) in [7, 11) is 1.66. The van der Waals surface area contributed by atoms with Gasteiger partial charge in [0.1, 0.15) is 0 Å². The summed E-state index contributed by atoms with van der Waals surface area (Å²) in [5.41, 5.74) is 0. The average Bonchev–Trinajstić information content (AvgIpc) is 2.42. The molecular weight excluding hydrogens is 228 g/mol. The van der Waals surface area contributed by atoms with Gasteiger partial charge in [-0.1, -0.05) is 12.5 Å². The number of nitrogens with one attached hydrogen (secondary N) is 1. The lowest BCUT2D eigenvalue weighted by atomic mass is 10.0. The van der Waals surface area contributed by atoms with Crippen LogP contribution in [-0.2, 0) is 9.53 Å². The molecule has 1 N–H and O–H groups in total. The predicted octanol–water partition coefficient (Wildman–Crippen LogP) is 1.57. The lowest BCUT2D eigenvalue weighted by Gasteiger charge is -2.25. The first-order valence-corrected chi connectivity index (χ1v) is 6.89. The van der Waals surface area contributed by atoms with Gasteiger partial charge in [-0.2, -0.15) is 0 Å². The fraction of sp³-hybridized carbons (Fsp3) is 0.786. The van der Waals surface area contributed by atoms with E-state index in [1.807, 2.05) is 4.90 Å². The highest BCUT2D eigenvalue weighted by atomic mass is 16.5. The normalized spacial score (nSPS) is 19.5. The highest BCUT2D eigenvalue weighted by molar-refractivity contribution is 5.76. The molecule has 1 amide bonds. The van der Waals surface area contributed by atoms with Gasteiger partial charge < -0.3 is 15.0 Å². The number of piperidine rings is 1. The van der Waals surface area contributed by atoms with Crippen molar-refractivity contribution in [2.75, 3.05) is 33.4 Å². The minimum atomic E-state index is 0.208. The van der Waals surface area contributed by atoms with Gasteiger partial charge >= 0.3 is 0 Å². The standard InChI is InChI=1S/C14H26N2O2/c1-3-10-16(11-12-18-2)14(17)8-7-13-6-4-5-9-15-13/h3,13,15H,1,4-12H2,2H3. The molecule has 1 fully saturated rings. The molecule has 1 heterocycles. The maximum Gasteiger partial charge on any atom is 0.222 e. The molecule has 0 aromatic heterocycles. The first-order chi connectivity index (χ1) is 8.77. The third-order valence-corrected chi connectivity index (χ3v) is 3.39. The van der Waals surface area contributed by atoms with E-state index in [-0.39, 0.29) is 5.91 Å². The van der Waals surface area contributed by atoms with Gasteiger partial charge in [-0.3, -0.25) is 4.79 Å². The second-order valence-corrected chi connectivity index (χ2v) is 4.81. The van der Waals surface area contributed by atoms with E-state index < -0.39 is 0 Å². The number of methoxy groups -OCH3 is 1. The molecule has 1 saturated heterocycles. The molecule has 18 heavy (non-hydrogen) atoms. The lowest BCUT2D eigenvalue weighted by Crippen LogP contribution is -2.37. The Morgan fingerprint density at radius 1 is 1.56 bits per heavy atom. The number of rotatable bonds is 8. The summed E-state index contributed by atoms with van der Waals surface area (Å²) < 4.78 is 5.02. The van der Waals surface area contributed by atoms with Crippen LogP contribution in [0.1, 0.15) is 32.1 Å². The van der Waals surface area contributed by atoms with Crippen LogP contribution in [0, 0.1) is 0 Å². The van der Waals surface area contributed by atoms with Crippen molar-refractivity contribution in [3.05, 3.63) is 12.7 Å². The summed E-state index contributed by atoms with van der Waals surface area (Å²) in [6, 6.07) is 0.524. The molecule has 1 atom stereocenters. The Morgan fingerprint density at radius 2 is 2.39 bits per heavy atom. The second-order valence-electron chi connectivity index (χ2n) is 4.81. The highest BCUT2D eigenvalue weighted by Gasteiger charge is 2.16. The van der Waals surface area contributed by atoms with Gasteiger partial charge in [0.2, 0.25) is 5.91 Å². The molecule has 1 aliphatic rings. The van der Waals surface area contributed by atoms with Gasteiger partial charge in [0, 0.05) is 32.7 Å². The Labute approximate surface area is 110 Å². The van der Waals surface area contributed by atoms with E-state index >= 15 is 0 Å². The van der Waals surface area contributed by atoms with Crippen molar-refractivity contribution in [3.8, 4) is 0 Å². The van der Waals surface area contributed by atoms with Crippen LogP contribution in [0.5, 0.6) is 0 Å². The number of hydrogen-bond donors (Lipinski definition) is 1. The average molecular weight is 254 g/mol. The highest BCUT2D eigenvalue weighted by Crippen LogP contribution is 2.12. The van der Waals surface area contributed by atoms with E-state index in [0.29, 0.717) is 32.2 Å². The molecule has 4 nitrogen and oxygen atoms in total. The number of nitrogens with zero attached hydrogens (tertiary/aromatic N) is 1. The molecule has 1 rings (SSSR count). The van der Waals surface area contributed by atoms with E-state index in [1.165, 1.54) is 19.3 Å². The fourth-order valence-electron chi connectivity index (χ4n) is 2.30. The maximum atomic E-state index is 12.1. The second kappa shape index (κ2) is 9.11. The van der Waals surface area contributed by atoms with Gasteiger partial charge in [-0.15, -0.1) is 6.58 Å². The van der Waals surface area contributed by atoms with Crippen LogP contribution in [0.15, 0.2) is 12.7 Å². The summed E-state index contributed by atoms with van der Waals surface area (Å²) in [6.07, 6.45) is 7.08. The number of hydrogen-bond acceptors (Lipinski definition) is 3. The number of amides is 1. The molecule has 0 aliphatic carbocycles. The summed E-state index contributed by atoms with van der Waals surface area (Å²) in [5.74, 6) is 0.208. The molecule has 0 radical (unpaired) electrons. The van der Waals surface area contributed by atoms with Crippen molar-refractivity contribution >= 4 is 5.91 Å². The largest absolute Gasteiger partial charge is 0.383 e. The molecule has 0 spiro atoms. The van der Waals surface area contributed by atoms with Gasteiger partial charge in [0.15, 0.2) is 0 Å². The van der Waals surface area contributed by atoms with Crippen molar-refractivity contribution < 1.29 is 9.53 Å². The lowest BCUT2D eigenvalue weighted by molar-refractivity contribution is -0.131. The van der Waals surface area contributed by atoms with Crippen LogP contribution in [-0.4, -0.2) is 50.2 Å². The zero-order valence-corrected chi connectivity index (χ0v) is 11.5. The molecule has 1 aliphatic heterocycles. The topological polar surface area (TPSA) is 41.6 Å². The van der Waals surface area contributed by atoms with Crippen LogP contribution in [0.2, 0.25) is 0 Å². The number of carbonyl (C=O) groups is 1. The zero-order valence-electron chi connectivity index (χ0n) is 11.5. The summed E-state index contributed by atoms with van der Waals surface area (Å²) in [4.78, 5) is 13.9. The van der Waals surface area contributed by atoms with Crippen molar-refractivity contribution in [1.82, 2.24) is 10.2 Å². The fourth-order valence-corrected chi connectivity index (χ4v) is 2.30. The van der Waals surface area contributed by atoms with Crippen molar-refractivity contribution in [2.24, 2.45) is 0 Å². The van der Waals surface area contributed by atoms with Gasteiger partial charge in [0.05, 0.1) is 6.61 Å². The Morgan fingerprint density at radius 3 is 3.00 bits per heavy atom. The Kier molecular flexibility index (Phi) is 7.69. The first-order valence-electron chi connectivity index (χ1n) is 6.89. The third-order valence-electron chi connectivity index (χ3n) is 3.39. The van der Waals surface area contributed by atoms with Gasteiger partial charge in [-0.05, 0) is 25.8 Å². The quantitative estimate of drug-likeness (QED) is 0.669. The minimum Gasteiger partial charge on any atom is -0.383 e. The third kappa shape index (κ3) is 5.65. The molecule has 4 heteroatoms. The molecule has 0 aromatic carbocycles. The smallest absolute Gasteiger partial charge is 0.222 e.